The zero-order chi connectivity index (χ0) is 20.1. The minimum Gasteiger partial charge on any atom is -0.377 e. The number of nitrogens with zero attached hydrogens (tertiary/aromatic N) is 1. The molecule has 0 saturated heterocycles. The lowest BCUT2D eigenvalue weighted by atomic mass is 9.92. The fourth-order valence-corrected chi connectivity index (χ4v) is 3.36. The van der Waals surface area contributed by atoms with E-state index in [0.717, 1.165) is 0 Å². The van der Waals surface area contributed by atoms with Crippen LogP contribution in [0.4, 0.5) is 5.69 Å². The molecule has 0 atom stereocenters. The molecule has 0 fully saturated rings. The summed E-state index contributed by atoms with van der Waals surface area (Å²) in [6, 6.07) is 28.2. The van der Waals surface area contributed by atoms with Crippen LogP contribution < -0.4 is 10.2 Å². The lowest BCUT2D eigenvalue weighted by molar-refractivity contribution is -0.118. The van der Waals surface area contributed by atoms with Crippen LogP contribution >= 0.6 is 0 Å². The monoisotopic (exact) mass is 370 g/mol. The maximum atomic E-state index is 9.70. The smallest absolute Gasteiger partial charge is 0.216 e. The van der Waals surface area contributed by atoms with Gasteiger partial charge in [-0.3, -0.25) is 4.79 Å². The predicted octanol–water partition coefficient (Wildman–Crippen LogP) is 5.48. The largest absolute Gasteiger partial charge is 0.377 e. The van der Waals surface area contributed by atoms with Gasteiger partial charge in [-0.2, -0.15) is 0 Å². The van der Waals surface area contributed by atoms with Crippen LogP contribution in [0.5, 0.6) is 0 Å². The molecule has 3 nitrogen and oxygen atoms in total. The Morgan fingerprint density at radius 3 is 1.89 bits per heavy atom. The highest BCUT2D eigenvalue weighted by Gasteiger charge is 2.13. The number of fused-ring (bicyclic) bond motifs is 2. The van der Waals surface area contributed by atoms with Crippen LogP contribution in [-0.4, -0.2) is 27.1 Å². The Balaban J connectivity index is 0.000000403. The fourth-order valence-electron chi connectivity index (χ4n) is 3.36. The van der Waals surface area contributed by atoms with Crippen molar-refractivity contribution in [2.24, 2.45) is 0 Å². The molecule has 28 heavy (non-hydrogen) atoms. The second-order valence-corrected chi connectivity index (χ2v) is 6.91. The molecule has 0 aliphatic rings. The van der Waals surface area contributed by atoms with Crippen LogP contribution in [0.25, 0.3) is 32.7 Å². The van der Waals surface area contributed by atoms with E-state index in [1.54, 1.807) is 7.05 Å². The number of rotatable bonds is 2. The summed E-state index contributed by atoms with van der Waals surface area (Å²) in [5.41, 5.74) is 3.86. The molecule has 0 aromatic heterocycles. The molecule has 0 saturated carbocycles. The fraction of sp³-hybridized carbons (Fsp3) is 0.160. The van der Waals surface area contributed by atoms with E-state index in [4.69, 9.17) is 0 Å². The number of nitrogens with one attached hydrogen (secondary N) is 1. The third-order valence-corrected chi connectivity index (χ3v) is 4.80. The molecule has 4 rings (SSSR count). The maximum Gasteiger partial charge on any atom is 0.216 e. The minimum atomic E-state index is 0.00463. The standard InChI is InChI=1S/C22H19N.C3H7NO/c1-23(2)21-15-14-17-9-4-6-12-19(17)22(21)20-13-7-10-16-8-3-5-11-18(16)20;1-3(5)4-2/h3-15H,1-2H3;1-2H3,(H,4,5). The van der Waals surface area contributed by atoms with E-state index >= 15 is 0 Å². The maximum absolute atomic E-state index is 9.70. The molecule has 4 aromatic rings. The molecule has 142 valence electrons. The average molecular weight is 370 g/mol. The molecule has 0 unspecified atom stereocenters. The average Bonchev–Trinajstić information content (AvgIpc) is 2.72. The van der Waals surface area contributed by atoms with Gasteiger partial charge in [-0.1, -0.05) is 72.8 Å². The highest BCUT2D eigenvalue weighted by Crippen LogP contribution is 2.40. The summed E-state index contributed by atoms with van der Waals surface area (Å²) in [5, 5.41) is 7.55. The molecule has 4 aromatic carbocycles. The number of hydrogen-bond donors (Lipinski definition) is 1. The van der Waals surface area contributed by atoms with Crippen LogP contribution in [0.15, 0.2) is 78.9 Å². The second kappa shape index (κ2) is 8.57. The molecule has 0 heterocycles. The molecular formula is C25H26N2O. The quantitative estimate of drug-likeness (QED) is 0.507. The Labute approximate surface area is 166 Å². The number of hydrogen-bond acceptors (Lipinski definition) is 2. The van der Waals surface area contributed by atoms with Gasteiger partial charge in [0.2, 0.25) is 5.91 Å². The van der Waals surface area contributed by atoms with Gasteiger partial charge in [0, 0.05) is 39.3 Å². The van der Waals surface area contributed by atoms with E-state index in [9.17, 15) is 4.79 Å². The van der Waals surface area contributed by atoms with E-state index in [1.807, 2.05) is 0 Å². The van der Waals surface area contributed by atoms with Crippen LogP contribution in [0.3, 0.4) is 0 Å². The molecule has 0 spiro atoms. The topological polar surface area (TPSA) is 32.3 Å². The first-order chi connectivity index (χ1) is 13.5. The van der Waals surface area contributed by atoms with Gasteiger partial charge in [-0.25, -0.2) is 0 Å². The Morgan fingerprint density at radius 1 is 0.750 bits per heavy atom. The zero-order valence-corrected chi connectivity index (χ0v) is 16.9. The van der Waals surface area contributed by atoms with Gasteiger partial charge >= 0.3 is 0 Å². The third-order valence-electron chi connectivity index (χ3n) is 4.80. The Morgan fingerprint density at radius 2 is 1.29 bits per heavy atom. The highest BCUT2D eigenvalue weighted by atomic mass is 16.1. The predicted molar refractivity (Wildman–Crippen MR) is 121 cm³/mol. The normalized spacial score (nSPS) is 10.3. The first-order valence-corrected chi connectivity index (χ1v) is 9.38. The summed E-state index contributed by atoms with van der Waals surface area (Å²) in [6.07, 6.45) is 0. The summed E-state index contributed by atoms with van der Waals surface area (Å²) in [4.78, 5) is 11.9. The van der Waals surface area contributed by atoms with Gasteiger partial charge in [-0.05, 0) is 33.2 Å². The van der Waals surface area contributed by atoms with Crippen molar-refractivity contribution >= 4 is 33.1 Å². The lowest BCUT2D eigenvalue weighted by Crippen LogP contribution is -2.11. The van der Waals surface area contributed by atoms with Crippen molar-refractivity contribution in [2.75, 3.05) is 26.0 Å². The number of carbonyl (C=O) groups is 1. The Hall–Kier alpha value is -3.33. The van der Waals surface area contributed by atoms with E-state index in [0.29, 0.717) is 0 Å². The van der Waals surface area contributed by atoms with Crippen molar-refractivity contribution in [1.82, 2.24) is 5.32 Å². The van der Waals surface area contributed by atoms with Crippen LogP contribution in [0.1, 0.15) is 6.92 Å². The van der Waals surface area contributed by atoms with Crippen molar-refractivity contribution in [2.45, 2.75) is 6.92 Å². The second-order valence-electron chi connectivity index (χ2n) is 6.91. The summed E-state index contributed by atoms with van der Waals surface area (Å²) in [5.74, 6) is 0.00463. The first kappa shape index (κ1) is 19.4. The minimum absolute atomic E-state index is 0.00463. The molecule has 1 amide bonds. The van der Waals surface area contributed by atoms with Crippen molar-refractivity contribution in [3.8, 4) is 11.1 Å². The summed E-state index contributed by atoms with van der Waals surface area (Å²) >= 11 is 0. The van der Waals surface area contributed by atoms with Crippen LogP contribution in [0.2, 0.25) is 0 Å². The summed E-state index contributed by atoms with van der Waals surface area (Å²) in [6.45, 7) is 1.47. The van der Waals surface area contributed by atoms with E-state index < -0.39 is 0 Å². The van der Waals surface area contributed by atoms with Gasteiger partial charge in [0.05, 0.1) is 0 Å². The lowest BCUT2D eigenvalue weighted by Gasteiger charge is -2.21. The van der Waals surface area contributed by atoms with Gasteiger partial charge in [0.1, 0.15) is 0 Å². The van der Waals surface area contributed by atoms with E-state index in [1.165, 1.54) is 45.3 Å². The first-order valence-electron chi connectivity index (χ1n) is 9.38. The van der Waals surface area contributed by atoms with Crippen LogP contribution in [0, 0.1) is 0 Å². The van der Waals surface area contributed by atoms with Crippen molar-refractivity contribution in [1.29, 1.82) is 0 Å². The summed E-state index contributed by atoms with van der Waals surface area (Å²) in [7, 11) is 5.82. The Bertz CT molecular complexity index is 1110. The summed E-state index contributed by atoms with van der Waals surface area (Å²) < 4.78 is 0. The molecule has 0 radical (unpaired) electrons. The third kappa shape index (κ3) is 3.99. The number of amides is 1. The van der Waals surface area contributed by atoms with Gasteiger partial charge < -0.3 is 10.2 Å². The Kier molecular flexibility index (Phi) is 5.95. The molecular weight excluding hydrogens is 344 g/mol. The number of benzene rings is 4. The zero-order valence-electron chi connectivity index (χ0n) is 16.9. The molecule has 0 bridgehead atoms. The number of anilines is 1. The van der Waals surface area contributed by atoms with E-state index in [2.05, 4.69) is 103 Å². The molecule has 3 heteroatoms. The van der Waals surface area contributed by atoms with Gasteiger partial charge in [0.15, 0.2) is 0 Å². The van der Waals surface area contributed by atoms with Gasteiger partial charge in [0.25, 0.3) is 0 Å². The molecule has 0 aliphatic heterocycles. The number of carbonyl (C=O) groups excluding carboxylic acids is 1. The van der Waals surface area contributed by atoms with E-state index in [-0.39, 0.29) is 5.91 Å². The van der Waals surface area contributed by atoms with Crippen LogP contribution in [-0.2, 0) is 4.79 Å². The molecule has 1 N–H and O–H groups in total. The van der Waals surface area contributed by atoms with Gasteiger partial charge in [-0.15, -0.1) is 0 Å². The molecule has 0 aliphatic carbocycles. The van der Waals surface area contributed by atoms with Crippen molar-refractivity contribution in [3.63, 3.8) is 0 Å². The SMILES string of the molecule is CN(C)c1ccc2ccccc2c1-c1cccc2ccccc12.CNC(C)=O. The van der Waals surface area contributed by atoms with Crippen molar-refractivity contribution < 1.29 is 4.79 Å². The van der Waals surface area contributed by atoms with Crippen molar-refractivity contribution in [3.05, 3.63) is 78.9 Å². The highest BCUT2D eigenvalue weighted by molar-refractivity contribution is 6.09.